The van der Waals surface area contributed by atoms with Crippen LogP contribution in [0.3, 0.4) is 0 Å². The van der Waals surface area contributed by atoms with Gasteiger partial charge in [0, 0.05) is 30.6 Å². The lowest BCUT2D eigenvalue weighted by Crippen LogP contribution is -2.40. The molecule has 1 heterocycles. The summed E-state index contributed by atoms with van der Waals surface area (Å²) in [7, 11) is 0. The van der Waals surface area contributed by atoms with Crippen LogP contribution >= 0.6 is 11.6 Å². The molecule has 1 aliphatic carbocycles. The summed E-state index contributed by atoms with van der Waals surface area (Å²) >= 11 is 6.15. The summed E-state index contributed by atoms with van der Waals surface area (Å²) < 4.78 is 7.91. The van der Waals surface area contributed by atoms with Crippen molar-refractivity contribution in [2.45, 2.75) is 82.1 Å². The van der Waals surface area contributed by atoms with E-state index < -0.39 is 5.60 Å². The van der Waals surface area contributed by atoms with Crippen molar-refractivity contribution in [1.29, 1.82) is 5.26 Å². The summed E-state index contributed by atoms with van der Waals surface area (Å²) in [6.45, 7) is 0.681. The number of aromatic nitrogens is 3. The first-order valence-corrected chi connectivity index (χ1v) is 20.6. The second-order valence-corrected chi connectivity index (χ2v) is 15.3. The Kier molecular flexibility index (Phi) is 13.8. The molecule has 1 aromatic heterocycles. The molecule has 0 saturated heterocycles. The standard InChI is InChI=1S/C48H47ClN6O4/c49-44-32-43(27-24-37(44)33-50)58-42-28-25-41(26-29-42)51-47(57)31-35-20-22-36(23-21-35)45-34-55(54-52-45)30-12-4-11-19-46(56)53-59-48(38-13-5-1-6-14-38,39-15-7-2-8-16-39)40-17-9-3-10-18-40/h1-3,5-10,13-18,20-24,27,32,34,41-42H,4,11-12,19,25-26,28-31H2,(H,51,57)(H,53,56). The molecule has 0 unspecified atom stereocenters. The molecule has 0 radical (unpaired) electrons. The number of amides is 2. The topological polar surface area (TPSA) is 131 Å². The number of carbonyl (C=O) groups excluding carboxylic acids is 2. The van der Waals surface area contributed by atoms with Gasteiger partial charge in [-0.1, -0.05) is 138 Å². The van der Waals surface area contributed by atoms with Gasteiger partial charge in [-0.2, -0.15) is 5.26 Å². The Labute approximate surface area is 350 Å². The molecule has 11 heteroatoms. The van der Waals surface area contributed by atoms with Gasteiger partial charge in [0.15, 0.2) is 5.60 Å². The molecule has 59 heavy (non-hydrogen) atoms. The first-order chi connectivity index (χ1) is 28.9. The van der Waals surface area contributed by atoms with Crippen LogP contribution in [-0.2, 0) is 33.0 Å². The Balaban J connectivity index is 0.827. The lowest BCUT2D eigenvalue weighted by molar-refractivity contribution is -0.143. The number of halogens is 1. The number of benzene rings is 5. The number of nitrogens with zero attached hydrogens (tertiary/aromatic N) is 4. The van der Waals surface area contributed by atoms with E-state index in [0.717, 1.165) is 72.0 Å². The van der Waals surface area contributed by atoms with Crippen molar-refractivity contribution in [3.8, 4) is 23.1 Å². The Hall–Kier alpha value is -6.28. The zero-order valence-electron chi connectivity index (χ0n) is 32.8. The number of hydrogen-bond acceptors (Lipinski definition) is 7. The molecular formula is C48H47ClN6O4. The lowest BCUT2D eigenvalue weighted by atomic mass is 9.80. The number of aryl methyl sites for hydroxylation is 1. The van der Waals surface area contributed by atoms with Crippen molar-refractivity contribution in [3.63, 3.8) is 0 Å². The van der Waals surface area contributed by atoms with Gasteiger partial charge in [0.2, 0.25) is 11.8 Å². The fourth-order valence-corrected chi connectivity index (χ4v) is 7.80. The van der Waals surface area contributed by atoms with Crippen molar-refractivity contribution < 1.29 is 19.2 Å². The van der Waals surface area contributed by atoms with Crippen LogP contribution in [0.5, 0.6) is 5.75 Å². The van der Waals surface area contributed by atoms with Crippen LogP contribution in [-0.4, -0.2) is 39.0 Å². The molecule has 2 N–H and O–H groups in total. The number of hydrogen-bond donors (Lipinski definition) is 2. The van der Waals surface area contributed by atoms with E-state index in [-0.39, 0.29) is 24.0 Å². The maximum atomic E-state index is 13.1. The van der Waals surface area contributed by atoms with Gasteiger partial charge in [0.25, 0.3) is 0 Å². The van der Waals surface area contributed by atoms with Crippen LogP contribution in [0.2, 0.25) is 5.02 Å². The number of ether oxygens (including phenoxy) is 1. The van der Waals surface area contributed by atoms with Gasteiger partial charge in [0.05, 0.1) is 29.3 Å². The maximum Gasteiger partial charge on any atom is 0.243 e. The molecule has 0 bridgehead atoms. The van der Waals surface area contributed by atoms with Crippen LogP contribution in [0.25, 0.3) is 11.3 Å². The number of nitrogens with one attached hydrogen (secondary N) is 2. The van der Waals surface area contributed by atoms with E-state index in [4.69, 9.17) is 26.4 Å². The number of rotatable bonds is 17. The minimum atomic E-state index is -1.03. The third-order valence-electron chi connectivity index (χ3n) is 10.7. The van der Waals surface area contributed by atoms with Crippen molar-refractivity contribution in [2.75, 3.05) is 0 Å². The van der Waals surface area contributed by atoms with Gasteiger partial charge in [0.1, 0.15) is 17.5 Å². The van der Waals surface area contributed by atoms with Crippen molar-refractivity contribution in [3.05, 3.63) is 172 Å². The monoisotopic (exact) mass is 806 g/mol. The summed E-state index contributed by atoms with van der Waals surface area (Å²) in [5, 5.41) is 21.3. The van der Waals surface area contributed by atoms with E-state index in [1.807, 2.05) is 126 Å². The highest BCUT2D eigenvalue weighted by molar-refractivity contribution is 6.31. The van der Waals surface area contributed by atoms with E-state index in [1.165, 1.54) is 0 Å². The molecule has 2 amide bonds. The highest BCUT2D eigenvalue weighted by Crippen LogP contribution is 2.39. The average molecular weight is 807 g/mol. The minimum absolute atomic E-state index is 0.00314. The van der Waals surface area contributed by atoms with E-state index in [1.54, 1.807) is 18.2 Å². The third-order valence-corrected chi connectivity index (χ3v) is 11.0. The van der Waals surface area contributed by atoms with Gasteiger partial charge >= 0.3 is 0 Å². The van der Waals surface area contributed by atoms with Gasteiger partial charge in [-0.3, -0.25) is 19.1 Å². The Bertz CT molecular complexity index is 2230. The molecule has 0 atom stereocenters. The maximum absolute atomic E-state index is 13.1. The van der Waals surface area contributed by atoms with E-state index in [0.29, 0.717) is 42.1 Å². The largest absolute Gasteiger partial charge is 0.490 e. The average Bonchev–Trinajstić information content (AvgIpc) is 3.75. The van der Waals surface area contributed by atoms with Crippen LogP contribution in [0.4, 0.5) is 0 Å². The molecule has 5 aromatic carbocycles. The second kappa shape index (κ2) is 19.9. The quantitative estimate of drug-likeness (QED) is 0.0534. The summed E-state index contributed by atoms with van der Waals surface area (Å²) in [5.74, 6) is 0.474. The predicted molar refractivity (Wildman–Crippen MR) is 227 cm³/mol. The van der Waals surface area contributed by atoms with Crippen LogP contribution in [0, 0.1) is 11.3 Å². The van der Waals surface area contributed by atoms with Crippen molar-refractivity contribution in [1.82, 2.24) is 25.8 Å². The molecule has 6 aromatic rings. The highest BCUT2D eigenvalue weighted by Gasteiger charge is 2.39. The summed E-state index contributed by atoms with van der Waals surface area (Å²) in [5.41, 5.74) is 7.54. The van der Waals surface area contributed by atoms with Crippen molar-refractivity contribution in [2.24, 2.45) is 0 Å². The van der Waals surface area contributed by atoms with Crippen LogP contribution < -0.4 is 15.5 Å². The van der Waals surface area contributed by atoms with Crippen LogP contribution in [0.15, 0.2) is 140 Å². The second-order valence-electron chi connectivity index (χ2n) is 14.9. The molecule has 1 saturated carbocycles. The van der Waals surface area contributed by atoms with Crippen LogP contribution in [0.1, 0.15) is 79.2 Å². The Morgan fingerprint density at radius 1 is 0.780 bits per heavy atom. The lowest BCUT2D eigenvalue weighted by Gasteiger charge is -2.35. The SMILES string of the molecule is N#Cc1ccc(OC2CCC(NC(=O)Cc3ccc(-c4cn(CCCCCC(=O)NOC(c5ccccc5)(c5ccccc5)c5ccccc5)nn4)cc3)CC2)cc1Cl. The summed E-state index contributed by atoms with van der Waals surface area (Å²) in [4.78, 5) is 32.5. The number of hydroxylamine groups is 1. The number of unbranched alkanes of at least 4 members (excludes halogenated alkanes) is 2. The number of nitriles is 1. The smallest absolute Gasteiger partial charge is 0.243 e. The molecule has 0 aliphatic heterocycles. The fourth-order valence-electron chi connectivity index (χ4n) is 7.59. The molecule has 7 rings (SSSR count). The Morgan fingerprint density at radius 3 is 2.00 bits per heavy atom. The summed E-state index contributed by atoms with van der Waals surface area (Å²) in [6, 6.07) is 45.0. The zero-order valence-corrected chi connectivity index (χ0v) is 33.6. The van der Waals surface area contributed by atoms with Gasteiger partial charge < -0.3 is 10.1 Å². The molecule has 1 aliphatic rings. The fraction of sp³-hybridized carbons (Fsp3) is 0.271. The molecular weight excluding hydrogens is 760 g/mol. The zero-order chi connectivity index (χ0) is 40.9. The number of carbonyl (C=O) groups is 2. The molecule has 300 valence electrons. The summed E-state index contributed by atoms with van der Waals surface area (Å²) in [6.07, 6.45) is 8.29. The molecule has 0 spiro atoms. The first-order valence-electron chi connectivity index (χ1n) is 20.2. The van der Waals surface area contributed by atoms with Gasteiger partial charge in [-0.15, -0.1) is 5.10 Å². The predicted octanol–water partition coefficient (Wildman–Crippen LogP) is 9.12. The molecule has 1 fully saturated rings. The third kappa shape index (κ3) is 10.6. The van der Waals surface area contributed by atoms with Crippen molar-refractivity contribution >= 4 is 23.4 Å². The molecule has 10 nitrogen and oxygen atoms in total. The van der Waals surface area contributed by atoms with Gasteiger partial charge in [-0.25, -0.2) is 5.48 Å². The minimum Gasteiger partial charge on any atom is -0.490 e. The van der Waals surface area contributed by atoms with E-state index in [2.05, 4.69) is 27.2 Å². The van der Waals surface area contributed by atoms with Gasteiger partial charge in [-0.05, 0) is 72.9 Å². The Morgan fingerprint density at radius 2 is 1.41 bits per heavy atom. The van der Waals surface area contributed by atoms with E-state index >= 15 is 0 Å². The highest BCUT2D eigenvalue weighted by atomic mass is 35.5. The first kappa shape index (κ1) is 40.9. The normalized spacial score (nSPS) is 15.2. The van der Waals surface area contributed by atoms with E-state index in [9.17, 15) is 9.59 Å².